The van der Waals surface area contributed by atoms with Gasteiger partial charge >= 0.3 is 0 Å². The molecular formula is C40H43F4N7O5. The van der Waals surface area contributed by atoms with E-state index >= 15 is 8.78 Å². The molecule has 0 spiro atoms. The van der Waals surface area contributed by atoms with Gasteiger partial charge in [0.15, 0.2) is 0 Å². The van der Waals surface area contributed by atoms with Gasteiger partial charge in [0.1, 0.15) is 34.5 Å². The molecule has 4 amide bonds. The van der Waals surface area contributed by atoms with Gasteiger partial charge in [0.05, 0.1) is 29.8 Å². The Morgan fingerprint density at radius 3 is 2.30 bits per heavy atom. The molecule has 0 bridgehead atoms. The number of aromatic nitrogens is 3. The monoisotopic (exact) mass is 777 g/mol. The van der Waals surface area contributed by atoms with Crippen molar-refractivity contribution in [3.8, 4) is 5.75 Å². The van der Waals surface area contributed by atoms with Crippen LogP contribution in [0.3, 0.4) is 0 Å². The van der Waals surface area contributed by atoms with Crippen LogP contribution in [0.4, 0.5) is 23.4 Å². The molecule has 3 aliphatic rings. The number of nitrogens with zero attached hydrogens (tertiary/aromatic N) is 5. The first-order valence-electron chi connectivity index (χ1n) is 18.9. The highest BCUT2D eigenvalue weighted by Crippen LogP contribution is 2.35. The molecule has 3 aromatic heterocycles. The third kappa shape index (κ3) is 8.54. The van der Waals surface area contributed by atoms with Crippen molar-refractivity contribution in [2.75, 3.05) is 38.0 Å². The van der Waals surface area contributed by atoms with Crippen LogP contribution in [-0.4, -0.2) is 86.6 Å². The second kappa shape index (κ2) is 16.4. The Kier molecular flexibility index (Phi) is 11.4. The van der Waals surface area contributed by atoms with Crippen molar-refractivity contribution in [1.82, 2.24) is 29.5 Å². The van der Waals surface area contributed by atoms with Crippen LogP contribution in [0, 0.1) is 11.6 Å². The van der Waals surface area contributed by atoms with Crippen molar-refractivity contribution in [2.45, 2.75) is 82.7 Å². The van der Waals surface area contributed by atoms with Crippen LogP contribution in [0.1, 0.15) is 109 Å². The Morgan fingerprint density at radius 1 is 0.911 bits per heavy atom. The van der Waals surface area contributed by atoms with Crippen LogP contribution >= 0.6 is 0 Å². The molecule has 296 valence electrons. The number of hydrogen-bond acceptors (Lipinski definition) is 8. The van der Waals surface area contributed by atoms with E-state index in [1.807, 2.05) is 29.8 Å². The molecule has 0 saturated carbocycles. The maximum Gasteiger partial charge on any atom is 0.280 e. The number of carbonyl (C=O) groups excluding carboxylic acids is 4. The van der Waals surface area contributed by atoms with Crippen molar-refractivity contribution >= 4 is 35.1 Å². The summed E-state index contributed by atoms with van der Waals surface area (Å²) in [5.74, 6) is -3.63. The number of benzene rings is 1. The molecular weight excluding hydrogens is 734 g/mol. The first-order chi connectivity index (χ1) is 26.8. The average molecular weight is 778 g/mol. The van der Waals surface area contributed by atoms with Crippen molar-refractivity contribution in [1.29, 1.82) is 0 Å². The van der Waals surface area contributed by atoms with Crippen LogP contribution in [0.2, 0.25) is 0 Å². The van der Waals surface area contributed by atoms with E-state index in [2.05, 4.69) is 15.6 Å². The number of imide groups is 1. The van der Waals surface area contributed by atoms with Gasteiger partial charge in [0.2, 0.25) is 17.7 Å². The van der Waals surface area contributed by atoms with Gasteiger partial charge in [-0.25, -0.2) is 27.5 Å². The molecule has 16 heteroatoms. The van der Waals surface area contributed by atoms with E-state index in [1.54, 1.807) is 16.7 Å². The molecule has 1 aromatic carbocycles. The minimum Gasteiger partial charge on any atom is -0.490 e. The van der Waals surface area contributed by atoms with Gasteiger partial charge in [-0.2, -0.15) is 0 Å². The van der Waals surface area contributed by atoms with E-state index in [1.165, 1.54) is 24.3 Å². The summed E-state index contributed by atoms with van der Waals surface area (Å²) in [7, 11) is 0. The third-order valence-electron chi connectivity index (χ3n) is 10.8. The highest BCUT2D eigenvalue weighted by Gasteiger charge is 2.33. The van der Waals surface area contributed by atoms with Gasteiger partial charge in [-0.1, -0.05) is 6.07 Å². The molecule has 3 aliphatic heterocycles. The summed E-state index contributed by atoms with van der Waals surface area (Å²) in [4.78, 5) is 63.0. The molecule has 1 unspecified atom stereocenters. The maximum absolute atomic E-state index is 15.3. The first-order valence-corrected chi connectivity index (χ1v) is 18.9. The molecule has 6 heterocycles. The molecule has 56 heavy (non-hydrogen) atoms. The number of nitrogens with one attached hydrogen (secondary N) is 2. The highest BCUT2D eigenvalue weighted by atomic mass is 19.3. The standard InChI is InChI=1S/C40H43F4N7O5/c1-22(2)56-33-18-35-46-32(20-51(35)19-28(33)40(55)47-34-5-3-4-31(45-34)38(43)44)24-10-14-50(15-11-24)37(53)21-49-12-8-23(9-13-49)26-16-30(42)27(17-29(26)41)25-6-7-36(52)48-39(25)54/h3-5,16-20,22-25,38H,6-15,21H2,1-2H3,(H,45,47,55)(H,48,52,54). The van der Waals surface area contributed by atoms with Crippen LogP contribution in [0.5, 0.6) is 5.75 Å². The van der Waals surface area contributed by atoms with Crippen molar-refractivity contribution in [3.05, 3.63) is 88.5 Å². The van der Waals surface area contributed by atoms with E-state index in [0.29, 0.717) is 57.5 Å². The number of carbonyl (C=O) groups is 4. The summed E-state index contributed by atoms with van der Waals surface area (Å²) in [6.45, 7) is 6.05. The summed E-state index contributed by atoms with van der Waals surface area (Å²) >= 11 is 0. The zero-order chi connectivity index (χ0) is 39.7. The first kappa shape index (κ1) is 38.9. The number of fused-ring (bicyclic) bond motifs is 1. The Labute approximate surface area is 320 Å². The smallest absolute Gasteiger partial charge is 0.280 e. The second-order valence-electron chi connectivity index (χ2n) is 15.0. The predicted molar refractivity (Wildman–Crippen MR) is 197 cm³/mol. The fraction of sp³-hybridized carbons (Fsp3) is 0.450. The molecule has 2 N–H and O–H groups in total. The second-order valence-corrected chi connectivity index (χ2v) is 15.0. The number of ether oxygens (including phenoxy) is 1. The van der Waals surface area contributed by atoms with Gasteiger partial charge in [-0.3, -0.25) is 29.4 Å². The number of halogens is 4. The fourth-order valence-electron chi connectivity index (χ4n) is 7.85. The quantitative estimate of drug-likeness (QED) is 0.146. The highest BCUT2D eigenvalue weighted by molar-refractivity contribution is 6.06. The van der Waals surface area contributed by atoms with Gasteiger partial charge in [0, 0.05) is 49.5 Å². The van der Waals surface area contributed by atoms with E-state index in [-0.39, 0.29) is 71.5 Å². The van der Waals surface area contributed by atoms with Gasteiger partial charge in [-0.05, 0) is 94.8 Å². The molecule has 4 aromatic rings. The lowest BCUT2D eigenvalue weighted by molar-refractivity contribution is -0.135. The molecule has 7 rings (SSSR count). The molecule has 0 aliphatic carbocycles. The number of alkyl halides is 2. The number of piperidine rings is 3. The number of hydrogen-bond donors (Lipinski definition) is 2. The summed E-state index contributed by atoms with van der Waals surface area (Å²) < 4.78 is 64.5. The zero-order valence-corrected chi connectivity index (χ0v) is 31.1. The van der Waals surface area contributed by atoms with Crippen LogP contribution in [0.15, 0.2) is 48.8 Å². The Hall–Kier alpha value is -5.38. The van der Waals surface area contributed by atoms with Crippen molar-refractivity contribution in [3.63, 3.8) is 0 Å². The third-order valence-corrected chi connectivity index (χ3v) is 10.8. The lowest BCUT2D eigenvalue weighted by Gasteiger charge is -2.35. The van der Waals surface area contributed by atoms with Crippen LogP contribution in [-0.2, 0) is 14.4 Å². The van der Waals surface area contributed by atoms with E-state index < -0.39 is 47.4 Å². The SMILES string of the molecule is CC(C)Oc1cc2nc(C3CCN(C(=O)CN4CCC(c5cc(F)c(C6CCC(=O)NC6=O)cc5F)CC4)CC3)cn2cc1C(=O)Nc1cccc(C(F)F)n1. The number of pyridine rings is 2. The molecule has 1 atom stereocenters. The predicted octanol–water partition coefficient (Wildman–Crippen LogP) is 6.09. The summed E-state index contributed by atoms with van der Waals surface area (Å²) in [6.07, 6.45) is 3.08. The number of imidazole rings is 1. The number of anilines is 1. The Balaban J connectivity index is 0.935. The summed E-state index contributed by atoms with van der Waals surface area (Å²) in [5.41, 5.74) is 1.34. The van der Waals surface area contributed by atoms with Gasteiger partial charge in [0.25, 0.3) is 12.3 Å². The minimum absolute atomic E-state index is 0.00225. The topological polar surface area (TPSA) is 138 Å². The molecule has 0 radical (unpaired) electrons. The lowest BCUT2D eigenvalue weighted by Crippen LogP contribution is -2.45. The summed E-state index contributed by atoms with van der Waals surface area (Å²) in [5, 5.41) is 4.78. The van der Waals surface area contributed by atoms with Crippen LogP contribution < -0.4 is 15.4 Å². The van der Waals surface area contributed by atoms with Crippen molar-refractivity contribution < 1.29 is 41.5 Å². The Bertz CT molecular complexity index is 2140. The largest absolute Gasteiger partial charge is 0.490 e. The normalized spacial score (nSPS) is 18.9. The van der Waals surface area contributed by atoms with Gasteiger partial charge < -0.3 is 19.4 Å². The van der Waals surface area contributed by atoms with Gasteiger partial charge in [-0.15, -0.1) is 0 Å². The lowest BCUT2D eigenvalue weighted by atomic mass is 9.85. The number of rotatable bonds is 10. The van der Waals surface area contributed by atoms with E-state index in [9.17, 15) is 28.0 Å². The zero-order valence-electron chi connectivity index (χ0n) is 31.1. The average Bonchev–Trinajstić information content (AvgIpc) is 3.59. The molecule has 3 saturated heterocycles. The fourth-order valence-corrected chi connectivity index (χ4v) is 7.85. The number of amides is 4. The van der Waals surface area contributed by atoms with E-state index in [0.717, 1.165) is 11.8 Å². The van der Waals surface area contributed by atoms with Crippen molar-refractivity contribution in [2.24, 2.45) is 0 Å². The summed E-state index contributed by atoms with van der Waals surface area (Å²) in [6, 6.07) is 7.95. The van der Waals surface area contributed by atoms with Crippen LogP contribution in [0.25, 0.3) is 5.65 Å². The maximum atomic E-state index is 15.3. The number of likely N-dealkylation sites (tertiary alicyclic amines) is 2. The van der Waals surface area contributed by atoms with E-state index in [4.69, 9.17) is 9.72 Å². The molecule has 12 nitrogen and oxygen atoms in total. The minimum atomic E-state index is -2.78. The Morgan fingerprint density at radius 2 is 1.61 bits per heavy atom. The molecule has 3 fully saturated rings.